The second-order valence-corrected chi connectivity index (χ2v) is 13.9. The Morgan fingerprint density at radius 1 is 0.357 bits per heavy atom. The first-order valence-corrected chi connectivity index (χ1v) is 18.6. The molecule has 0 atom stereocenters. The standard InChI is InChI=1S/C50H31N5O/c1-2-9-32(10-3-1)33-17-19-35(20-18-33)48-52-49(54-50(53-48)38-23-26-46-42(30-38)43-31-51-28-27-47(43)56-46)37-12-8-11-36(29-37)34-21-24-39(25-22-34)55-44-15-6-4-13-40(44)41-14-5-7-16-45(41)55/h1-31H. The van der Waals surface area contributed by atoms with Crippen molar-refractivity contribution >= 4 is 43.7 Å². The van der Waals surface area contributed by atoms with Crippen LogP contribution in [0.15, 0.2) is 193 Å². The van der Waals surface area contributed by atoms with Crippen molar-refractivity contribution in [1.82, 2.24) is 24.5 Å². The van der Waals surface area contributed by atoms with Gasteiger partial charge in [0.15, 0.2) is 17.5 Å². The summed E-state index contributed by atoms with van der Waals surface area (Å²) in [6, 6.07) is 61.1. The van der Waals surface area contributed by atoms with Crippen LogP contribution in [0.25, 0.3) is 106 Å². The summed E-state index contributed by atoms with van der Waals surface area (Å²) < 4.78 is 8.44. The molecule has 0 bridgehead atoms. The first kappa shape index (κ1) is 31.8. The Balaban J connectivity index is 1.00. The number of para-hydroxylation sites is 2. The van der Waals surface area contributed by atoms with Gasteiger partial charge in [0, 0.05) is 56.3 Å². The van der Waals surface area contributed by atoms with E-state index in [1.165, 1.54) is 21.8 Å². The molecule has 0 aliphatic heterocycles. The molecule has 4 aromatic heterocycles. The molecule has 4 heterocycles. The van der Waals surface area contributed by atoms with Crippen molar-refractivity contribution in [2.45, 2.75) is 0 Å². The summed E-state index contributed by atoms with van der Waals surface area (Å²) in [5.74, 6) is 1.78. The van der Waals surface area contributed by atoms with E-state index in [1.807, 2.05) is 30.5 Å². The normalized spacial score (nSPS) is 11.6. The highest BCUT2D eigenvalue weighted by molar-refractivity contribution is 6.09. The zero-order valence-electron chi connectivity index (χ0n) is 30.0. The Labute approximate surface area is 322 Å². The Hall–Kier alpha value is -7.70. The highest BCUT2D eigenvalue weighted by atomic mass is 16.3. The average Bonchev–Trinajstić information content (AvgIpc) is 3.82. The van der Waals surface area contributed by atoms with Gasteiger partial charge >= 0.3 is 0 Å². The van der Waals surface area contributed by atoms with Gasteiger partial charge in [0.1, 0.15) is 11.2 Å². The van der Waals surface area contributed by atoms with Crippen molar-refractivity contribution in [2.24, 2.45) is 0 Å². The van der Waals surface area contributed by atoms with Crippen LogP contribution in [0.2, 0.25) is 0 Å². The number of furan rings is 1. The van der Waals surface area contributed by atoms with Gasteiger partial charge in [-0.15, -0.1) is 0 Å². The van der Waals surface area contributed by atoms with Gasteiger partial charge in [0.05, 0.1) is 11.0 Å². The molecular weight excluding hydrogens is 687 g/mol. The maximum atomic E-state index is 6.10. The van der Waals surface area contributed by atoms with Crippen LogP contribution >= 0.6 is 0 Å². The van der Waals surface area contributed by atoms with Crippen LogP contribution in [0.1, 0.15) is 0 Å². The molecule has 0 spiro atoms. The van der Waals surface area contributed by atoms with Gasteiger partial charge in [-0.05, 0) is 76.9 Å². The van der Waals surface area contributed by atoms with Gasteiger partial charge in [0.2, 0.25) is 0 Å². The molecule has 11 aromatic rings. The summed E-state index contributed by atoms with van der Waals surface area (Å²) in [6.07, 6.45) is 3.58. The minimum Gasteiger partial charge on any atom is -0.456 e. The van der Waals surface area contributed by atoms with Crippen molar-refractivity contribution in [2.75, 3.05) is 0 Å². The molecule has 7 aromatic carbocycles. The number of benzene rings is 7. The zero-order chi connectivity index (χ0) is 37.0. The first-order valence-electron chi connectivity index (χ1n) is 18.6. The minimum atomic E-state index is 0.582. The average molecular weight is 718 g/mol. The van der Waals surface area contributed by atoms with Gasteiger partial charge in [-0.1, -0.05) is 121 Å². The van der Waals surface area contributed by atoms with E-state index in [-0.39, 0.29) is 0 Å². The van der Waals surface area contributed by atoms with E-state index >= 15 is 0 Å². The summed E-state index contributed by atoms with van der Waals surface area (Å²) in [5.41, 5.74) is 12.2. The van der Waals surface area contributed by atoms with Crippen molar-refractivity contribution in [3.63, 3.8) is 0 Å². The first-order chi connectivity index (χ1) is 27.7. The summed E-state index contributed by atoms with van der Waals surface area (Å²) in [5, 5.41) is 4.41. The summed E-state index contributed by atoms with van der Waals surface area (Å²) in [4.78, 5) is 19.6. The third kappa shape index (κ3) is 5.43. The molecule has 0 N–H and O–H groups in total. The van der Waals surface area contributed by atoms with Crippen LogP contribution in [0.4, 0.5) is 0 Å². The molecule has 0 fully saturated rings. The molecule has 262 valence electrons. The van der Waals surface area contributed by atoms with Crippen LogP contribution in [-0.4, -0.2) is 24.5 Å². The summed E-state index contributed by atoms with van der Waals surface area (Å²) >= 11 is 0. The lowest BCUT2D eigenvalue weighted by Crippen LogP contribution is -2.00. The van der Waals surface area contributed by atoms with E-state index in [2.05, 4.69) is 161 Å². The van der Waals surface area contributed by atoms with Crippen molar-refractivity contribution in [3.05, 3.63) is 188 Å². The summed E-state index contributed by atoms with van der Waals surface area (Å²) in [6.45, 7) is 0. The molecule has 0 unspecified atom stereocenters. The zero-order valence-corrected chi connectivity index (χ0v) is 30.0. The molecule has 56 heavy (non-hydrogen) atoms. The summed E-state index contributed by atoms with van der Waals surface area (Å²) in [7, 11) is 0. The lowest BCUT2D eigenvalue weighted by Gasteiger charge is -2.11. The van der Waals surface area contributed by atoms with Crippen LogP contribution in [0.5, 0.6) is 0 Å². The number of hydrogen-bond donors (Lipinski definition) is 0. The van der Waals surface area contributed by atoms with E-state index in [1.54, 1.807) is 6.20 Å². The predicted molar refractivity (Wildman–Crippen MR) is 226 cm³/mol. The quantitative estimate of drug-likeness (QED) is 0.171. The van der Waals surface area contributed by atoms with Crippen molar-refractivity contribution < 1.29 is 4.42 Å². The van der Waals surface area contributed by atoms with Crippen molar-refractivity contribution in [3.8, 4) is 62.1 Å². The van der Waals surface area contributed by atoms with Crippen LogP contribution in [0.3, 0.4) is 0 Å². The molecule has 0 radical (unpaired) electrons. The topological polar surface area (TPSA) is 69.6 Å². The molecule has 11 rings (SSSR count). The monoisotopic (exact) mass is 717 g/mol. The lowest BCUT2D eigenvalue weighted by molar-refractivity contribution is 0.668. The number of rotatable bonds is 6. The largest absolute Gasteiger partial charge is 0.456 e. The van der Waals surface area contributed by atoms with Crippen LogP contribution in [-0.2, 0) is 0 Å². The van der Waals surface area contributed by atoms with Crippen LogP contribution < -0.4 is 0 Å². The number of hydrogen-bond acceptors (Lipinski definition) is 5. The molecule has 6 heteroatoms. The Morgan fingerprint density at radius 3 is 1.61 bits per heavy atom. The van der Waals surface area contributed by atoms with Gasteiger partial charge in [-0.2, -0.15) is 0 Å². The SMILES string of the molecule is c1ccc(-c2ccc(-c3nc(-c4cccc(-c5ccc(-n6c7ccccc7c7ccccc76)cc5)c4)nc(-c4ccc5oc6ccncc6c5c4)n3)cc2)cc1. The predicted octanol–water partition coefficient (Wildman–Crippen LogP) is 12.6. The number of aromatic nitrogens is 5. The minimum absolute atomic E-state index is 0.582. The van der Waals surface area contributed by atoms with E-state index in [0.717, 1.165) is 66.6 Å². The molecule has 0 saturated heterocycles. The fourth-order valence-corrected chi connectivity index (χ4v) is 7.81. The van der Waals surface area contributed by atoms with E-state index < -0.39 is 0 Å². The molecule has 0 aliphatic carbocycles. The molecule has 0 saturated carbocycles. The number of nitrogens with zero attached hydrogens (tertiary/aromatic N) is 5. The fraction of sp³-hybridized carbons (Fsp3) is 0. The third-order valence-corrected chi connectivity index (χ3v) is 10.6. The number of fused-ring (bicyclic) bond motifs is 6. The molecule has 0 amide bonds. The molecule has 6 nitrogen and oxygen atoms in total. The number of pyridine rings is 1. The fourth-order valence-electron chi connectivity index (χ4n) is 7.81. The lowest BCUT2D eigenvalue weighted by atomic mass is 10.0. The molecular formula is C50H31N5O. The van der Waals surface area contributed by atoms with Gasteiger partial charge in [-0.25, -0.2) is 15.0 Å². The third-order valence-electron chi connectivity index (χ3n) is 10.6. The highest BCUT2D eigenvalue weighted by Gasteiger charge is 2.16. The second kappa shape index (κ2) is 13.0. The highest BCUT2D eigenvalue weighted by Crippen LogP contribution is 2.35. The smallest absolute Gasteiger partial charge is 0.164 e. The van der Waals surface area contributed by atoms with Crippen LogP contribution in [0, 0.1) is 0 Å². The van der Waals surface area contributed by atoms with Gasteiger partial charge in [0.25, 0.3) is 0 Å². The van der Waals surface area contributed by atoms with Gasteiger partial charge < -0.3 is 8.98 Å². The second-order valence-electron chi connectivity index (χ2n) is 13.9. The van der Waals surface area contributed by atoms with E-state index in [0.29, 0.717) is 17.5 Å². The van der Waals surface area contributed by atoms with E-state index in [4.69, 9.17) is 19.4 Å². The Bertz CT molecular complexity index is 3180. The Morgan fingerprint density at radius 2 is 0.875 bits per heavy atom. The Kier molecular flexibility index (Phi) is 7.38. The van der Waals surface area contributed by atoms with Crippen molar-refractivity contribution in [1.29, 1.82) is 0 Å². The molecule has 0 aliphatic rings. The van der Waals surface area contributed by atoms with Gasteiger partial charge in [-0.3, -0.25) is 4.98 Å². The van der Waals surface area contributed by atoms with E-state index in [9.17, 15) is 0 Å². The maximum Gasteiger partial charge on any atom is 0.164 e. The maximum absolute atomic E-state index is 6.10.